The lowest BCUT2D eigenvalue weighted by molar-refractivity contribution is 0.367. The molecule has 0 spiro atoms. The normalized spacial score (nSPS) is 11.4. The molecule has 0 aliphatic carbocycles. The van der Waals surface area contributed by atoms with Crippen molar-refractivity contribution in [2.45, 2.75) is 0 Å². The molecule has 68 heavy (non-hydrogen) atoms. The van der Waals surface area contributed by atoms with Crippen molar-refractivity contribution in [2.24, 2.45) is 0 Å². The van der Waals surface area contributed by atoms with Gasteiger partial charge in [0.1, 0.15) is 17.1 Å². The Balaban J connectivity index is 1.24. The van der Waals surface area contributed by atoms with Crippen LogP contribution in [0.4, 0.5) is 17.1 Å². The van der Waals surface area contributed by atoms with Gasteiger partial charge in [-0.15, -0.1) is 0 Å². The molecule has 0 fully saturated rings. The third-order valence-electron chi connectivity index (χ3n) is 12.1. The fourth-order valence-electron chi connectivity index (χ4n) is 8.96. The highest BCUT2D eigenvalue weighted by atomic mass is 16.3. The smallest absolute Gasteiger partial charge is 0.186 e. The molecule has 0 saturated carbocycles. The molecule has 14 heteroatoms. The SMILES string of the molecule is Oc1c(O)c(N(c2c(O)c(O)c(-c3ccc(-c4ccccc4)cc3)c(O)c2O)c2c(O)c(O)c(-c3ccccc3-n3c4ccccc4c4ccccc43)c(O)c2O)c(O)c(O)c1-c1ccccc1. The Morgan fingerprint density at radius 1 is 0.265 bits per heavy atom. The maximum absolute atomic E-state index is 12.2. The Hall–Kier alpha value is -9.82. The third-order valence-corrected chi connectivity index (χ3v) is 12.1. The Kier molecular flexibility index (Phi) is 9.92. The fourth-order valence-corrected chi connectivity index (χ4v) is 8.96. The highest BCUT2D eigenvalue weighted by molar-refractivity contribution is 6.10. The Labute approximate surface area is 385 Å². The van der Waals surface area contributed by atoms with Crippen molar-refractivity contribution >= 4 is 38.9 Å². The van der Waals surface area contributed by atoms with Crippen molar-refractivity contribution in [3.63, 3.8) is 0 Å². The summed E-state index contributed by atoms with van der Waals surface area (Å²) in [7, 11) is 0. The Morgan fingerprint density at radius 3 is 1.01 bits per heavy atom. The zero-order valence-electron chi connectivity index (χ0n) is 35.3. The van der Waals surface area contributed by atoms with E-state index in [1.54, 1.807) is 36.4 Å². The van der Waals surface area contributed by atoms with E-state index in [9.17, 15) is 61.3 Å². The summed E-state index contributed by atoms with van der Waals surface area (Å²) in [6.07, 6.45) is 0. The summed E-state index contributed by atoms with van der Waals surface area (Å²) in [5, 5.41) is 144. The molecule has 0 aliphatic rings. The molecule has 0 atom stereocenters. The molecule has 0 aliphatic heterocycles. The average molecular weight is 907 g/mol. The molecular formula is C54H38N2O12. The van der Waals surface area contributed by atoms with E-state index in [1.165, 1.54) is 42.5 Å². The Bertz CT molecular complexity index is 3510. The minimum Gasteiger partial charge on any atom is -0.504 e. The number of nitrogens with zero attached hydrogens (tertiary/aromatic N) is 2. The van der Waals surface area contributed by atoms with Crippen LogP contribution >= 0.6 is 0 Å². The van der Waals surface area contributed by atoms with Crippen LogP contribution in [-0.4, -0.2) is 65.8 Å². The van der Waals surface area contributed by atoms with E-state index in [-0.39, 0.29) is 21.6 Å². The van der Waals surface area contributed by atoms with Crippen molar-refractivity contribution in [1.29, 1.82) is 0 Å². The predicted molar refractivity (Wildman–Crippen MR) is 257 cm³/mol. The van der Waals surface area contributed by atoms with Crippen LogP contribution in [0.1, 0.15) is 0 Å². The molecule has 0 saturated heterocycles. The third kappa shape index (κ3) is 6.27. The number of anilines is 3. The van der Waals surface area contributed by atoms with Gasteiger partial charge in [-0.1, -0.05) is 140 Å². The molecular weight excluding hydrogens is 869 g/mol. The lowest BCUT2D eigenvalue weighted by Crippen LogP contribution is -2.13. The first-order valence-electron chi connectivity index (χ1n) is 20.9. The van der Waals surface area contributed by atoms with Crippen LogP contribution in [0.3, 0.4) is 0 Å². The highest BCUT2D eigenvalue weighted by Crippen LogP contribution is 2.67. The molecule has 14 nitrogen and oxygen atoms in total. The number of fused-ring (bicyclic) bond motifs is 3. The van der Waals surface area contributed by atoms with E-state index in [0.717, 1.165) is 32.9 Å². The van der Waals surface area contributed by atoms with Crippen LogP contribution < -0.4 is 4.90 Å². The summed E-state index contributed by atoms with van der Waals surface area (Å²) in [6.45, 7) is 0. The number of aromatic hydroxyl groups is 12. The zero-order valence-corrected chi connectivity index (χ0v) is 35.3. The summed E-state index contributed by atoms with van der Waals surface area (Å²) in [5.41, 5.74) is -1.57. The van der Waals surface area contributed by atoms with Gasteiger partial charge in [0.05, 0.1) is 33.4 Å². The number of phenols is 12. The van der Waals surface area contributed by atoms with Crippen LogP contribution in [0, 0.1) is 0 Å². The van der Waals surface area contributed by atoms with Crippen molar-refractivity contribution in [3.8, 4) is 119 Å². The van der Waals surface area contributed by atoms with Crippen molar-refractivity contribution < 1.29 is 61.3 Å². The highest BCUT2D eigenvalue weighted by Gasteiger charge is 2.40. The van der Waals surface area contributed by atoms with Gasteiger partial charge in [0.15, 0.2) is 69.0 Å². The first kappa shape index (κ1) is 42.1. The van der Waals surface area contributed by atoms with E-state index in [2.05, 4.69) is 0 Å². The van der Waals surface area contributed by atoms with Crippen molar-refractivity contribution in [2.75, 3.05) is 4.90 Å². The minimum atomic E-state index is -1.34. The van der Waals surface area contributed by atoms with Gasteiger partial charge in [-0.05, 0) is 40.5 Å². The molecule has 1 aromatic heterocycles. The lowest BCUT2D eigenvalue weighted by atomic mass is 9.95. The van der Waals surface area contributed by atoms with Crippen LogP contribution in [0.15, 0.2) is 158 Å². The number of hydrogen-bond acceptors (Lipinski definition) is 13. The largest absolute Gasteiger partial charge is 0.504 e. The first-order valence-corrected chi connectivity index (χ1v) is 20.9. The maximum atomic E-state index is 12.2. The van der Waals surface area contributed by atoms with Gasteiger partial charge < -0.3 is 65.8 Å². The standard InChI is InChI=1S/C54H38N2O12/c57-43-37(29-15-5-2-6-16-29)44(58)50(64)40(49(43)63)56(41-51(65)45(59)38(46(60)52(41)66)30-25-23-28(24-26-30)27-13-3-1-4-14-27)42-53(67)47(61)39(48(62)54(42)68)33-19-9-12-22-36(33)55-34-20-10-7-17-31(34)32-18-8-11-21-35(32)55/h1-26,57-68H. The zero-order chi connectivity index (χ0) is 47.7. The van der Waals surface area contributed by atoms with Gasteiger partial charge >= 0.3 is 0 Å². The number of para-hydroxylation sites is 3. The molecule has 10 aromatic rings. The maximum Gasteiger partial charge on any atom is 0.186 e. The number of hydrogen-bond donors (Lipinski definition) is 12. The number of benzene rings is 9. The van der Waals surface area contributed by atoms with E-state index in [0.29, 0.717) is 5.69 Å². The monoisotopic (exact) mass is 906 g/mol. The van der Waals surface area contributed by atoms with Crippen LogP contribution in [0.2, 0.25) is 0 Å². The fraction of sp³-hybridized carbons (Fsp3) is 0. The molecule has 336 valence electrons. The molecule has 0 bridgehead atoms. The number of rotatable bonds is 8. The minimum absolute atomic E-state index is 0.0644. The van der Waals surface area contributed by atoms with Crippen LogP contribution in [0.25, 0.3) is 72.0 Å². The van der Waals surface area contributed by atoms with Gasteiger partial charge in [-0.2, -0.15) is 0 Å². The summed E-state index contributed by atoms with van der Waals surface area (Å²) in [5.74, 6) is -14.7. The molecule has 9 aromatic carbocycles. The topological polar surface area (TPSA) is 251 Å². The molecule has 0 unspecified atom stereocenters. The van der Waals surface area contributed by atoms with E-state index < -0.39 is 103 Å². The average Bonchev–Trinajstić information content (AvgIpc) is 3.70. The lowest BCUT2D eigenvalue weighted by Gasteiger charge is -2.31. The molecule has 10 rings (SSSR count). The summed E-state index contributed by atoms with van der Waals surface area (Å²) in [6, 6.07) is 44.4. The number of phenolic OH excluding ortho intramolecular Hbond substituents is 12. The second-order valence-corrected chi connectivity index (χ2v) is 15.9. The summed E-state index contributed by atoms with van der Waals surface area (Å²) < 4.78 is 1.85. The van der Waals surface area contributed by atoms with Gasteiger partial charge in [-0.25, -0.2) is 0 Å². The van der Waals surface area contributed by atoms with Gasteiger partial charge in [-0.3, -0.25) is 4.90 Å². The predicted octanol–water partition coefficient (Wildman–Crippen LogP) is 11.4. The quantitative estimate of drug-likeness (QED) is 0.0501. The van der Waals surface area contributed by atoms with E-state index >= 15 is 0 Å². The van der Waals surface area contributed by atoms with Gasteiger partial charge in [0.2, 0.25) is 0 Å². The molecule has 0 radical (unpaired) electrons. The van der Waals surface area contributed by atoms with E-state index in [4.69, 9.17) is 0 Å². The van der Waals surface area contributed by atoms with Crippen LogP contribution in [0.5, 0.6) is 69.0 Å². The van der Waals surface area contributed by atoms with Gasteiger partial charge in [0, 0.05) is 16.3 Å². The molecule has 0 amide bonds. The van der Waals surface area contributed by atoms with Crippen molar-refractivity contribution in [1.82, 2.24) is 4.57 Å². The summed E-state index contributed by atoms with van der Waals surface area (Å²) in [4.78, 5) is 0.234. The van der Waals surface area contributed by atoms with Gasteiger partial charge in [0.25, 0.3) is 0 Å². The number of aromatic nitrogens is 1. The molecule has 12 N–H and O–H groups in total. The first-order chi connectivity index (χ1) is 32.8. The second kappa shape index (κ2) is 16.0. The summed E-state index contributed by atoms with van der Waals surface area (Å²) >= 11 is 0. The molecule has 1 heterocycles. The van der Waals surface area contributed by atoms with Crippen LogP contribution in [-0.2, 0) is 0 Å². The Morgan fingerprint density at radius 2 is 0.574 bits per heavy atom. The van der Waals surface area contributed by atoms with Crippen molar-refractivity contribution in [3.05, 3.63) is 158 Å². The second-order valence-electron chi connectivity index (χ2n) is 15.9. The van der Waals surface area contributed by atoms with E-state index in [1.807, 2.05) is 83.4 Å².